The number of rotatable bonds is 3. The van der Waals surface area contributed by atoms with Crippen LogP contribution >= 0.6 is 0 Å². The van der Waals surface area contributed by atoms with Gasteiger partial charge in [0.05, 0.1) is 6.26 Å². The van der Waals surface area contributed by atoms with Crippen molar-refractivity contribution >= 4 is 10.0 Å². The van der Waals surface area contributed by atoms with Crippen LogP contribution in [0.5, 0.6) is 0 Å². The molecule has 1 spiro atoms. The molecule has 0 saturated carbocycles. The smallest absolute Gasteiger partial charge is 0.211 e. The minimum atomic E-state index is -3.18. The van der Waals surface area contributed by atoms with E-state index in [1.54, 1.807) is 4.31 Å². The molecule has 3 rings (SSSR count). The van der Waals surface area contributed by atoms with Crippen LogP contribution in [0, 0.1) is 5.82 Å². The van der Waals surface area contributed by atoms with Crippen LogP contribution in [0.15, 0.2) is 24.3 Å². The Balaban J connectivity index is 1.77. The highest BCUT2D eigenvalue weighted by Gasteiger charge is 2.45. The van der Waals surface area contributed by atoms with Crippen LogP contribution < -0.4 is 0 Å². The summed E-state index contributed by atoms with van der Waals surface area (Å²) in [6.07, 6.45) is 6.27. The van der Waals surface area contributed by atoms with Gasteiger partial charge in [-0.3, -0.25) is 4.90 Å². The second-order valence-electron chi connectivity index (χ2n) is 6.96. The lowest BCUT2D eigenvalue weighted by Gasteiger charge is -2.51. The third-order valence-electron chi connectivity index (χ3n) is 5.14. The molecule has 1 aromatic rings. The van der Waals surface area contributed by atoms with Crippen molar-refractivity contribution in [2.75, 3.05) is 25.9 Å². The summed E-state index contributed by atoms with van der Waals surface area (Å²) in [5.74, 6) is -0.223. The fourth-order valence-corrected chi connectivity index (χ4v) is 5.59. The second kappa shape index (κ2) is 6.49. The summed E-state index contributed by atoms with van der Waals surface area (Å²) in [5.41, 5.74) is 0.828. The third-order valence-corrected chi connectivity index (χ3v) is 6.51. The minimum absolute atomic E-state index is 0.223. The van der Waals surface area contributed by atoms with Crippen LogP contribution in [0.1, 0.15) is 37.7 Å². The first-order chi connectivity index (χ1) is 10.9. The summed E-state index contributed by atoms with van der Waals surface area (Å²) in [7, 11) is -3.18. The van der Waals surface area contributed by atoms with Gasteiger partial charge in [0.15, 0.2) is 0 Å². The van der Waals surface area contributed by atoms with Crippen molar-refractivity contribution in [2.24, 2.45) is 0 Å². The average molecular weight is 340 g/mol. The fraction of sp³-hybridized carbons (Fsp3) is 0.647. The third kappa shape index (κ3) is 3.75. The van der Waals surface area contributed by atoms with Gasteiger partial charge in [-0.2, -0.15) is 4.31 Å². The van der Waals surface area contributed by atoms with E-state index in [1.165, 1.54) is 18.4 Å². The summed E-state index contributed by atoms with van der Waals surface area (Å²) in [4.78, 5) is 2.32. The topological polar surface area (TPSA) is 40.6 Å². The van der Waals surface area contributed by atoms with Crippen molar-refractivity contribution in [3.05, 3.63) is 35.6 Å². The Labute approximate surface area is 138 Å². The normalized spacial score (nSPS) is 27.4. The van der Waals surface area contributed by atoms with Gasteiger partial charge in [-0.25, -0.2) is 12.8 Å². The molecule has 0 radical (unpaired) electrons. The van der Waals surface area contributed by atoms with E-state index in [2.05, 4.69) is 4.90 Å². The van der Waals surface area contributed by atoms with Crippen LogP contribution in [0.4, 0.5) is 4.39 Å². The molecule has 0 bridgehead atoms. The molecule has 1 atom stereocenters. The Morgan fingerprint density at radius 1 is 1.09 bits per heavy atom. The minimum Gasteiger partial charge on any atom is -0.297 e. The van der Waals surface area contributed by atoms with Crippen molar-refractivity contribution in [2.45, 2.75) is 44.2 Å². The monoisotopic (exact) mass is 340 g/mol. The summed E-state index contributed by atoms with van der Waals surface area (Å²) < 4.78 is 39.3. The Morgan fingerprint density at radius 2 is 1.78 bits per heavy atom. The van der Waals surface area contributed by atoms with E-state index in [0.29, 0.717) is 6.54 Å². The molecule has 0 N–H and O–H groups in total. The van der Waals surface area contributed by atoms with E-state index < -0.39 is 10.0 Å². The number of hydrogen-bond donors (Lipinski definition) is 0. The quantitative estimate of drug-likeness (QED) is 0.849. The van der Waals surface area contributed by atoms with Gasteiger partial charge >= 0.3 is 0 Å². The Hall–Kier alpha value is -0.980. The highest BCUT2D eigenvalue weighted by atomic mass is 32.2. The van der Waals surface area contributed by atoms with Crippen LogP contribution in [-0.2, 0) is 16.6 Å². The number of benzene rings is 1. The maximum absolute atomic E-state index is 13.0. The first kappa shape index (κ1) is 16.9. The Kier molecular flexibility index (Phi) is 4.76. The van der Waals surface area contributed by atoms with E-state index in [0.717, 1.165) is 57.3 Å². The molecule has 2 fully saturated rings. The van der Waals surface area contributed by atoms with Crippen LogP contribution in [-0.4, -0.2) is 49.1 Å². The van der Waals surface area contributed by atoms with Gasteiger partial charge in [-0.05, 0) is 49.9 Å². The van der Waals surface area contributed by atoms with Crippen molar-refractivity contribution in [3.63, 3.8) is 0 Å². The molecule has 1 aromatic carbocycles. The van der Waals surface area contributed by atoms with Gasteiger partial charge in [0.1, 0.15) is 5.82 Å². The summed E-state index contributed by atoms with van der Waals surface area (Å²) in [6, 6.07) is 6.59. The lowest BCUT2D eigenvalue weighted by molar-refractivity contribution is 0.0337. The fourth-order valence-electron chi connectivity index (χ4n) is 4.19. The predicted molar refractivity (Wildman–Crippen MR) is 89.0 cm³/mol. The molecule has 0 aliphatic carbocycles. The highest BCUT2D eigenvalue weighted by Crippen LogP contribution is 2.38. The molecule has 0 amide bonds. The van der Waals surface area contributed by atoms with Crippen molar-refractivity contribution < 1.29 is 12.8 Å². The SMILES string of the molecule is CS(=O)(=O)N1CCCCC12CCCN(Cc1ccc(F)cc1)C2. The lowest BCUT2D eigenvalue weighted by Crippen LogP contribution is -2.61. The molecule has 2 saturated heterocycles. The van der Waals surface area contributed by atoms with E-state index in [1.807, 2.05) is 12.1 Å². The van der Waals surface area contributed by atoms with E-state index in [9.17, 15) is 12.8 Å². The van der Waals surface area contributed by atoms with Gasteiger partial charge in [0.25, 0.3) is 0 Å². The molecular formula is C17H25FN2O2S. The molecule has 2 aliphatic rings. The number of piperidine rings is 2. The largest absolute Gasteiger partial charge is 0.297 e. The number of likely N-dealkylation sites (tertiary alicyclic amines) is 1. The standard InChI is InChI=1S/C17H25FN2O2S/c1-23(21,22)20-12-3-2-9-17(20)10-4-11-19(14-17)13-15-5-7-16(18)8-6-15/h5-8H,2-4,9-14H2,1H3. The van der Waals surface area contributed by atoms with Crippen molar-refractivity contribution in [3.8, 4) is 0 Å². The zero-order chi connectivity index (χ0) is 16.5. The van der Waals surface area contributed by atoms with Crippen molar-refractivity contribution in [1.82, 2.24) is 9.21 Å². The summed E-state index contributed by atoms with van der Waals surface area (Å²) >= 11 is 0. The van der Waals surface area contributed by atoms with Crippen LogP contribution in [0.25, 0.3) is 0 Å². The number of sulfonamides is 1. The molecule has 4 nitrogen and oxygen atoms in total. The predicted octanol–water partition coefficient (Wildman–Crippen LogP) is 2.61. The highest BCUT2D eigenvalue weighted by molar-refractivity contribution is 7.88. The van der Waals surface area contributed by atoms with Gasteiger partial charge in [0.2, 0.25) is 10.0 Å². The Bertz CT molecular complexity index is 643. The summed E-state index contributed by atoms with van der Waals surface area (Å²) in [6.45, 7) is 3.14. The molecule has 1 unspecified atom stereocenters. The number of hydrogen-bond acceptors (Lipinski definition) is 3. The molecule has 2 heterocycles. The lowest BCUT2D eigenvalue weighted by atomic mass is 9.81. The second-order valence-corrected chi connectivity index (χ2v) is 8.86. The molecule has 128 valence electrons. The maximum Gasteiger partial charge on any atom is 0.211 e. The zero-order valence-electron chi connectivity index (χ0n) is 13.7. The first-order valence-electron chi connectivity index (χ1n) is 8.34. The maximum atomic E-state index is 13.0. The van der Waals surface area contributed by atoms with Gasteiger partial charge in [-0.1, -0.05) is 18.6 Å². The Morgan fingerprint density at radius 3 is 2.48 bits per heavy atom. The van der Waals surface area contributed by atoms with Gasteiger partial charge in [0, 0.05) is 25.2 Å². The molecule has 6 heteroatoms. The van der Waals surface area contributed by atoms with Gasteiger partial charge < -0.3 is 0 Å². The molecule has 0 aromatic heterocycles. The van der Waals surface area contributed by atoms with E-state index >= 15 is 0 Å². The summed E-state index contributed by atoms with van der Waals surface area (Å²) in [5, 5.41) is 0. The molecular weight excluding hydrogens is 315 g/mol. The molecule has 2 aliphatic heterocycles. The van der Waals surface area contributed by atoms with Crippen molar-refractivity contribution in [1.29, 1.82) is 0 Å². The van der Waals surface area contributed by atoms with Gasteiger partial charge in [-0.15, -0.1) is 0 Å². The average Bonchev–Trinajstić information content (AvgIpc) is 2.49. The zero-order valence-corrected chi connectivity index (χ0v) is 14.5. The van der Waals surface area contributed by atoms with E-state index in [-0.39, 0.29) is 11.4 Å². The number of nitrogens with zero attached hydrogens (tertiary/aromatic N) is 2. The molecule has 23 heavy (non-hydrogen) atoms. The first-order valence-corrected chi connectivity index (χ1v) is 10.2. The van der Waals surface area contributed by atoms with Crippen LogP contribution in [0.3, 0.4) is 0 Å². The van der Waals surface area contributed by atoms with E-state index in [4.69, 9.17) is 0 Å². The number of halogens is 1. The van der Waals surface area contributed by atoms with Crippen LogP contribution in [0.2, 0.25) is 0 Å².